The van der Waals surface area contributed by atoms with E-state index in [1.165, 1.54) is 16.8 Å². The second-order valence-electron chi connectivity index (χ2n) is 8.72. The van der Waals surface area contributed by atoms with Gasteiger partial charge in [-0.15, -0.1) is 10.2 Å². The van der Waals surface area contributed by atoms with Crippen LogP contribution in [0.3, 0.4) is 0 Å². The Morgan fingerprint density at radius 2 is 1.80 bits per heavy atom. The topological polar surface area (TPSA) is 114 Å². The highest BCUT2D eigenvalue weighted by Gasteiger charge is 2.31. The van der Waals surface area contributed by atoms with E-state index in [2.05, 4.69) is 36.0 Å². The first-order valence-electron chi connectivity index (χ1n) is 11.8. The van der Waals surface area contributed by atoms with Crippen molar-refractivity contribution in [2.24, 2.45) is 0 Å². The molecule has 204 valence electrons. The summed E-state index contributed by atoms with van der Waals surface area (Å²) in [5.74, 6) is -0.00283. The van der Waals surface area contributed by atoms with Crippen LogP contribution >= 0.6 is 23.2 Å². The number of rotatable bonds is 7. The number of nitrogens with zero attached hydrogens (tertiary/aromatic N) is 6. The summed E-state index contributed by atoms with van der Waals surface area (Å²) in [5, 5.41) is 22.3. The normalized spacial score (nSPS) is 12.3. The zero-order valence-electron chi connectivity index (χ0n) is 20.6. The molecule has 0 fully saturated rings. The molecule has 2 aromatic carbocycles. The van der Waals surface area contributed by atoms with Crippen molar-refractivity contribution in [2.45, 2.75) is 25.6 Å². The number of hydrogen-bond donors (Lipinski definition) is 2. The maximum absolute atomic E-state index is 13.7. The van der Waals surface area contributed by atoms with Gasteiger partial charge in [0.15, 0.2) is 17.3 Å². The molecule has 0 aliphatic carbocycles. The average molecular weight is 587 g/mol. The van der Waals surface area contributed by atoms with Gasteiger partial charge in [-0.3, -0.25) is 4.79 Å². The molecule has 14 heteroatoms. The van der Waals surface area contributed by atoms with Gasteiger partial charge in [0.25, 0.3) is 5.91 Å². The van der Waals surface area contributed by atoms with Crippen LogP contribution in [-0.4, -0.2) is 41.3 Å². The van der Waals surface area contributed by atoms with Gasteiger partial charge in [0.2, 0.25) is 0 Å². The van der Waals surface area contributed by atoms with Crippen LogP contribution in [0.15, 0.2) is 66.9 Å². The number of aromatic nitrogens is 7. The fourth-order valence-corrected chi connectivity index (χ4v) is 4.44. The van der Waals surface area contributed by atoms with Crippen molar-refractivity contribution in [3.05, 3.63) is 105 Å². The smallest absolute Gasteiger partial charge is 0.344 e. The van der Waals surface area contributed by atoms with Crippen LogP contribution in [0.2, 0.25) is 10.0 Å². The summed E-state index contributed by atoms with van der Waals surface area (Å²) in [6.07, 6.45) is -2.86. The summed E-state index contributed by atoms with van der Waals surface area (Å²) < 4.78 is 40.5. The van der Waals surface area contributed by atoms with E-state index in [0.29, 0.717) is 33.2 Å². The zero-order chi connectivity index (χ0) is 28.4. The molecule has 0 saturated carbocycles. The minimum Gasteiger partial charge on any atom is -0.344 e. The van der Waals surface area contributed by atoms with Crippen molar-refractivity contribution in [2.75, 3.05) is 0 Å². The van der Waals surface area contributed by atoms with Crippen LogP contribution in [0, 0.1) is 0 Å². The third-order valence-electron chi connectivity index (χ3n) is 6.07. The highest BCUT2D eigenvalue weighted by Crippen LogP contribution is 2.34. The van der Waals surface area contributed by atoms with E-state index in [1.807, 2.05) is 0 Å². The summed E-state index contributed by atoms with van der Waals surface area (Å²) in [5.41, 5.74) is 1.32. The third-order valence-corrected chi connectivity index (χ3v) is 6.61. The molecule has 3 heterocycles. The molecule has 0 spiro atoms. The van der Waals surface area contributed by atoms with Crippen LogP contribution in [0.1, 0.15) is 46.0 Å². The molecule has 5 aromatic rings. The summed E-state index contributed by atoms with van der Waals surface area (Å²) in [4.78, 5) is 18.0. The van der Waals surface area contributed by atoms with Gasteiger partial charge in [0.1, 0.15) is 0 Å². The molecule has 0 saturated heterocycles. The number of alkyl halides is 3. The zero-order valence-corrected chi connectivity index (χ0v) is 22.1. The van der Waals surface area contributed by atoms with Gasteiger partial charge in [-0.1, -0.05) is 52.7 Å². The van der Waals surface area contributed by atoms with Crippen LogP contribution in [0.5, 0.6) is 0 Å². The third kappa shape index (κ3) is 5.68. The number of hydrogen-bond acceptors (Lipinski definition) is 6. The first-order valence-corrected chi connectivity index (χ1v) is 12.6. The van der Waals surface area contributed by atoms with Crippen molar-refractivity contribution in [3.63, 3.8) is 0 Å². The molecule has 2 N–H and O–H groups in total. The van der Waals surface area contributed by atoms with Gasteiger partial charge in [0.05, 0.1) is 22.3 Å². The molecule has 40 heavy (non-hydrogen) atoms. The largest absolute Gasteiger partial charge is 0.416 e. The molecule has 0 aliphatic rings. The maximum atomic E-state index is 13.7. The van der Waals surface area contributed by atoms with Crippen molar-refractivity contribution < 1.29 is 18.0 Å². The molecule has 0 unspecified atom stereocenters. The Morgan fingerprint density at radius 1 is 1.07 bits per heavy atom. The molecule has 0 aliphatic heterocycles. The van der Waals surface area contributed by atoms with Crippen molar-refractivity contribution in [1.82, 2.24) is 40.7 Å². The number of carbonyl (C=O) groups is 1. The minimum absolute atomic E-state index is 0.0234. The SMILES string of the molecule is C[C@@H](NC(=O)c1nn(-c2ncccc2Cl)c(-c2ccc(Cl)cc2)c1Cc1nn[nH]n1)c1ccc(C(F)(F)F)cc1. The predicted molar refractivity (Wildman–Crippen MR) is 141 cm³/mol. The number of carbonyl (C=O) groups excluding carboxylic acids is 1. The van der Waals surface area contributed by atoms with Crippen LogP contribution < -0.4 is 5.32 Å². The van der Waals surface area contributed by atoms with E-state index >= 15 is 0 Å². The molecule has 5 rings (SSSR count). The second kappa shape index (κ2) is 11.1. The molecule has 1 atom stereocenters. The van der Waals surface area contributed by atoms with E-state index in [1.54, 1.807) is 49.5 Å². The average Bonchev–Trinajstić information content (AvgIpc) is 3.57. The summed E-state index contributed by atoms with van der Waals surface area (Å²) >= 11 is 12.6. The van der Waals surface area contributed by atoms with Gasteiger partial charge in [0, 0.05) is 28.8 Å². The lowest BCUT2D eigenvalue weighted by Gasteiger charge is -2.15. The van der Waals surface area contributed by atoms with Gasteiger partial charge >= 0.3 is 6.18 Å². The lowest BCUT2D eigenvalue weighted by Crippen LogP contribution is -2.28. The second-order valence-corrected chi connectivity index (χ2v) is 9.57. The number of H-pyrrole nitrogens is 1. The van der Waals surface area contributed by atoms with Crippen LogP contribution in [0.25, 0.3) is 17.1 Å². The fourth-order valence-electron chi connectivity index (χ4n) is 4.12. The first kappa shape index (κ1) is 27.3. The van der Waals surface area contributed by atoms with E-state index in [9.17, 15) is 18.0 Å². The number of nitrogens with one attached hydrogen (secondary N) is 2. The Bertz CT molecular complexity index is 1640. The fraction of sp³-hybridized carbons (Fsp3) is 0.154. The summed E-state index contributed by atoms with van der Waals surface area (Å²) in [7, 11) is 0. The standard InChI is InChI=1S/C26H19Cl2F3N8O/c1-14(15-4-8-17(9-5-15)26(29,30)31)33-25(40)22-19(13-21-34-37-38-35-21)23(16-6-10-18(27)11-7-16)39(36-22)24-20(28)3-2-12-32-24/h2-12,14H,13H2,1H3,(H,33,40)(H,34,35,37,38)/t14-/m1/s1. The lowest BCUT2D eigenvalue weighted by atomic mass is 10.0. The van der Waals surface area contributed by atoms with E-state index < -0.39 is 23.7 Å². The van der Waals surface area contributed by atoms with Gasteiger partial charge in [-0.05, 0) is 48.9 Å². The van der Waals surface area contributed by atoms with Crippen LogP contribution in [-0.2, 0) is 12.6 Å². The lowest BCUT2D eigenvalue weighted by molar-refractivity contribution is -0.137. The Balaban J connectivity index is 1.60. The predicted octanol–water partition coefficient (Wildman–Crippen LogP) is 5.85. The summed E-state index contributed by atoms with van der Waals surface area (Å²) in [6.45, 7) is 1.66. The molecule has 3 aromatic heterocycles. The molecule has 0 bridgehead atoms. The number of benzene rings is 2. The number of halogens is 5. The monoisotopic (exact) mass is 586 g/mol. The number of pyridine rings is 1. The molecule has 1 amide bonds. The summed E-state index contributed by atoms with van der Waals surface area (Å²) in [6, 6.07) is 14.1. The molecule has 0 radical (unpaired) electrons. The molecular weight excluding hydrogens is 568 g/mol. The number of aromatic amines is 1. The number of tetrazole rings is 1. The molecule has 9 nitrogen and oxygen atoms in total. The van der Waals surface area contributed by atoms with Gasteiger partial charge in [-0.2, -0.15) is 23.5 Å². The van der Waals surface area contributed by atoms with Gasteiger partial charge in [-0.25, -0.2) is 9.67 Å². The number of amides is 1. The Morgan fingerprint density at radius 3 is 2.42 bits per heavy atom. The van der Waals surface area contributed by atoms with Crippen molar-refractivity contribution in [3.8, 4) is 17.1 Å². The Labute approximate surface area is 235 Å². The minimum atomic E-state index is -4.47. The van der Waals surface area contributed by atoms with E-state index in [-0.39, 0.29) is 23.0 Å². The van der Waals surface area contributed by atoms with Crippen LogP contribution in [0.4, 0.5) is 13.2 Å². The van der Waals surface area contributed by atoms with Gasteiger partial charge < -0.3 is 5.32 Å². The van der Waals surface area contributed by atoms with E-state index in [0.717, 1.165) is 12.1 Å². The van der Waals surface area contributed by atoms with Crippen molar-refractivity contribution >= 4 is 29.1 Å². The first-order chi connectivity index (χ1) is 19.1. The quantitative estimate of drug-likeness (QED) is 0.247. The highest BCUT2D eigenvalue weighted by molar-refractivity contribution is 6.32. The van der Waals surface area contributed by atoms with Crippen molar-refractivity contribution in [1.29, 1.82) is 0 Å². The Hall–Kier alpha value is -4.29. The molecular formula is C26H19Cl2F3N8O. The maximum Gasteiger partial charge on any atom is 0.416 e. The Kier molecular flexibility index (Phi) is 7.55. The highest BCUT2D eigenvalue weighted by atomic mass is 35.5. The van der Waals surface area contributed by atoms with E-state index in [4.69, 9.17) is 23.2 Å².